The van der Waals surface area contributed by atoms with E-state index in [-0.39, 0.29) is 12.3 Å². The van der Waals surface area contributed by atoms with Crippen molar-refractivity contribution in [1.82, 2.24) is 4.98 Å². The molecule has 0 fully saturated rings. The molecule has 0 aliphatic rings. The van der Waals surface area contributed by atoms with E-state index >= 15 is 0 Å². The standard InChI is InChI=1S/C24H19F3N2OS/c25-24(26,27)13-14-28-19-9-5-17(6-10-19)2-1-16-3-7-18(8-4-16)23-29-21-12-11-20(30)15-22(21)31-23/h1-12,15,28,30H,13-14H2. The number of fused-ring (bicyclic) bond motifs is 1. The third kappa shape index (κ3) is 5.64. The number of phenols is 1. The molecule has 0 radical (unpaired) electrons. The minimum Gasteiger partial charge on any atom is -0.508 e. The predicted octanol–water partition coefficient (Wildman–Crippen LogP) is 7.20. The van der Waals surface area contributed by atoms with Gasteiger partial charge in [-0.3, -0.25) is 0 Å². The molecule has 1 heterocycles. The quantitative estimate of drug-likeness (QED) is 0.312. The van der Waals surface area contributed by atoms with Gasteiger partial charge < -0.3 is 10.4 Å². The number of benzene rings is 3. The highest BCUT2D eigenvalue weighted by Crippen LogP contribution is 2.32. The Kier molecular flexibility index (Phi) is 5.95. The molecule has 0 amide bonds. The second-order valence-electron chi connectivity index (χ2n) is 7.04. The van der Waals surface area contributed by atoms with Crippen LogP contribution in [-0.2, 0) is 0 Å². The summed E-state index contributed by atoms with van der Waals surface area (Å²) < 4.78 is 37.6. The minimum absolute atomic E-state index is 0.138. The molecule has 7 heteroatoms. The largest absolute Gasteiger partial charge is 0.508 e. The van der Waals surface area contributed by atoms with Gasteiger partial charge in [-0.1, -0.05) is 48.6 Å². The molecule has 4 aromatic rings. The van der Waals surface area contributed by atoms with E-state index in [4.69, 9.17) is 0 Å². The van der Waals surface area contributed by atoms with Crippen LogP contribution in [0.3, 0.4) is 0 Å². The Morgan fingerprint density at radius 3 is 2.19 bits per heavy atom. The third-order valence-electron chi connectivity index (χ3n) is 4.65. The van der Waals surface area contributed by atoms with Gasteiger partial charge in [-0.2, -0.15) is 13.2 Å². The van der Waals surface area contributed by atoms with Crippen molar-refractivity contribution in [3.63, 3.8) is 0 Å². The van der Waals surface area contributed by atoms with E-state index in [0.29, 0.717) is 5.69 Å². The Morgan fingerprint density at radius 1 is 0.903 bits per heavy atom. The summed E-state index contributed by atoms with van der Waals surface area (Å²) in [6.45, 7) is -0.138. The summed E-state index contributed by atoms with van der Waals surface area (Å²) in [6, 6.07) is 20.4. The van der Waals surface area contributed by atoms with E-state index in [2.05, 4.69) is 10.3 Å². The summed E-state index contributed by atoms with van der Waals surface area (Å²) in [5.74, 6) is 0.230. The molecular weight excluding hydrogens is 421 g/mol. The number of phenolic OH excluding ortho intramolecular Hbond substituents is 1. The molecule has 0 aliphatic carbocycles. The van der Waals surface area contributed by atoms with Crippen LogP contribution < -0.4 is 5.32 Å². The molecule has 2 N–H and O–H groups in total. The van der Waals surface area contributed by atoms with Gasteiger partial charge >= 0.3 is 6.18 Å². The first kappa shape index (κ1) is 20.9. The fourth-order valence-corrected chi connectivity index (χ4v) is 4.03. The lowest BCUT2D eigenvalue weighted by Crippen LogP contribution is -2.14. The Hall–Kier alpha value is -3.32. The monoisotopic (exact) mass is 440 g/mol. The molecule has 0 spiro atoms. The van der Waals surface area contributed by atoms with Crippen LogP contribution in [0.25, 0.3) is 32.9 Å². The van der Waals surface area contributed by atoms with Crippen molar-refractivity contribution in [3.8, 4) is 16.3 Å². The normalized spacial score (nSPS) is 12.0. The SMILES string of the molecule is Oc1ccc2nc(-c3ccc(C=Cc4ccc(NCCC(F)(F)F)cc4)cc3)sc2c1. The zero-order valence-electron chi connectivity index (χ0n) is 16.4. The third-order valence-corrected chi connectivity index (χ3v) is 5.71. The molecule has 0 saturated heterocycles. The average Bonchev–Trinajstić information content (AvgIpc) is 3.16. The first-order valence-corrected chi connectivity index (χ1v) is 10.5. The molecule has 0 unspecified atom stereocenters. The van der Waals surface area contributed by atoms with Crippen LogP contribution in [0, 0.1) is 0 Å². The lowest BCUT2D eigenvalue weighted by atomic mass is 10.1. The summed E-state index contributed by atoms with van der Waals surface area (Å²) >= 11 is 1.53. The number of aromatic hydroxyl groups is 1. The first-order valence-electron chi connectivity index (χ1n) is 9.64. The maximum atomic E-state index is 12.2. The number of nitrogens with zero attached hydrogens (tertiary/aromatic N) is 1. The van der Waals surface area contributed by atoms with E-state index in [1.807, 2.05) is 48.6 Å². The minimum atomic E-state index is -4.15. The number of hydrogen-bond donors (Lipinski definition) is 2. The number of aromatic nitrogens is 1. The van der Waals surface area contributed by atoms with E-state index in [0.717, 1.165) is 31.9 Å². The molecule has 3 aromatic carbocycles. The van der Waals surface area contributed by atoms with Gasteiger partial charge in [0.05, 0.1) is 16.6 Å². The van der Waals surface area contributed by atoms with Crippen LogP contribution in [-0.4, -0.2) is 22.8 Å². The van der Waals surface area contributed by atoms with Gasteiger partial charge in [0.1, 0.15) is 10.8 Å². The van der Waals surface area contributed by atoms with Gasteiger partial charge in [-0.25, -0.2) is 4.98 Å². The van der Waals surface area contributed by atoms with Crippen LogP contribution in [0.1, 0.15) is 17.5 Å². The molecule has 31 heavy (non-hydrogen) atoms. The maximum absolute atomic E-state index is 12.2. The first-order chi connectivity index (χ1) is 14.9. The Labute approximate surface area is 181 Å². The van der Waals surface area contributed by atoms with Crippen molar-refractivity contribution >= 4 is 39.4 Å². The van der Waals surface area contributed by atoms with Crippen molar-refractivity contribution in [3.05, 3.63) is 77.9 Å². The topological polar surface area (TPSA) is 45.2 Å². The molecule has 0 atom stereocenters. The summed E-state index contributed by atoms with van der Waals surface area (Å²) in [6.07, 6.45) is -1.08. The Balaban J connectivity index is 1.39. The number of nitrogens with one attached hydrogen (secondary N) is 1. The van der Waals surface area contributed by atoms with Crippen molar-refractivity contribution in [2.45, 2.75) is 12.6 Å². The number of hydrogen-bond acceptors (Lipinski definition) is 4. The van der Waals surface area contributed by atoms with Crippen molar-refractivity contribution in [2.75, 3.05) is 11.9 Å². The number of alkyl halides is 3. The molecule has 0 aliphatic heterocycles. The molecule has 0 bridgehead atoms. The summed E-state index contributed by atoms with van der Waals surface area (Å²) in [7, 11) is 0. The van der Waals surface area contributed by atoms with Crippen molar-refractivity contribution < 1.29 is 18.3 Å². The van der Waals surface area contributed by atoms with E-state index in [1.54, 1.807) is 30.3 Å². The van der Waals surface area contributed by atoms with Gasteiger partial charge in [0, 0.05) is 17.8 Å². The summed E-state index contributed by atoms with van der Waals surface area (Å²) in [5, 5.41) is 13.3. The maximum Gasteiger partial charge on any atom is 0.390 e. The average molecular weight is 440 g/mol. The van der Waals surface area contributed by atoms with Gasteiger partial charge in [0.2, 0.25) is 0 Å². The smallest absolute Gasteiger partial charge is 0.390 e. The van der Waals surface area contributed by atoms with Crippen LogP contribution in [0.5, 0.6) is 5.75 Å². The van der Waals surface area contributed by atoms with Gasteiger partial charge in [0.15, 0.2) is 0 Å². The van der Waals surface area contributed by atoms with Crippen molar-refractivity contribution in [1.29, 1.82) is 0 Å². The number of rotatable bonds is 6. The zero-order chi connectivity index (χ0) is 21.8. The Bertz CT molecular complexity index is 1200. The summed E-state index contributed by atoms with van der Waals surface area (Å²) in [4.78, 5) is 4.61. The summed E-state index contributed by atoms with van der Waals surface area (Å²) in [5.41, 5.74) is 4.51. The highest BCUT2D eigenvalue weighted by Gasteiger charge is 2.26. The number of thiazole rings is 1. The Morgan fingerprint density at radius 2 is 1.55 bits per heavy atom. The molecule has 1 aromatic heterocycles. The van der Waals surface area contributed by atoms with Crippen LogP contribution in [0.2, 0.25) is 0 Å². The van der Waals surface area contributed by atoms with E-state index in [9.17, 15) is 18.3 Å². The fourth-order valence-electron chi connectivity index (χ4n) is 3.03. The molecule has 0 saturated carbocycles. The predicted molar refractivity (Wildman–Crippen MR) is 121 cm³/mol. The van der Waals surface area contributed by atoms with Crippen LogP contribution >= 0.6 is 11.3 Å². The van der Waals surface area contributed by atoms with Gasteiger partial charge in [-0.05, 0) is 41.5 Å². The van der Waals surface area contributed by atoms with Gasteiger partial charge in [-0.15, -0.1) is 11.3 Å². The molecule has 3 nitrogen and oxygen atoms in total. The fraction of sp³-hybridized carbons (Fsp3) is 0.125. The lowest BCUT2D eigenvalue weighted by molar-refractivity contribution is -0.131. The van der Waals surface area contributed by atoms with Gasteiger partial charge in [0.25, 0.3) is 0 Å². The van der Waals surface area contributed by atoms with Crippen molar-refractivity contribution in [2.24, 2.45) is 0 Å². The highest BCUT2D eigenvalue weighted by atomic mass is 32.1. The zero-order valence-corrected chi connectivity index (χ0v) is 17.2. The lowest BCUT2D eigenvalue weighted by Gasteiger charge is -2.08. The second-order valence-corrected chi connectivity index (χ2v) is 8.07. The highest BCUT2D eigenvalue weighted by molar-refractivity contribution is 7.21. The van der Waals surface area contributed by atoms with E-state index in [1.165, 1.54) is 11.3 Å². The second kappa shape index (κ2) is 8.81. The van der Waals surface area contributed by atoms with Crippen LogP contribution in [0.15, 0.2) is 66.7 Å². The molecule has 158 valence electrons. The number of anilines is 1. The molecular formula is C24H19F3N2OS. The van der Waals surface area contributed by atoms with E-state index < -0.39 is 12.6 Å². The molecule has 4 rings (SSSR count). The van der Waals surface area contributed by atoms with Crippen LogP contribution in [0.4, 0.5) is 18.9 Å². The number of halogens is 3.